The molecule has 1 aromatic heterocycles. The van der Waals surface area contributed by atoms with E-state index in [9.17, 15) is 4.39 Å². The van der Waals surface area contributed by atoms with Gasteiger partial charge in [-0.05, 0) is 35.9 Å². The molecule has 0 bridgehead atoms. The molecule has 0 atom stereocenters. The van der Waals surface area contributed by atoms with Crippen molar-refractivity contribution < 1.29 is 4.39 Å². The van der Waals surface area contributed by atoms with Crippen molar-refractivity contribution >= 4 is 5.69 Å². The van der Waals surface area contributed by atoms with Crippen molar-refractivity contribution in [3.63, 3.8) is 0 Å². The summed E-state index contributed by atoms with van der Waals surface area (Å²) >= 11 is 0. The van der Waals surface area contributed by atoms with Crippen LogP contribution in [0.15, 0.2) is 42.7 Å². The number of halogens is 1. The highest BCUT2D eigenvalue weighted by Gasteiger charge is 2.03. The first-order valence-corrected chi connectivity index (χ1v) is 5.12. The number of rotatable bonds is 3. The first-order valence-electron chi connectivity index (χ1n) is 5.12. The fraction of sp³-hybridized carbons (Fsp3) is 0.0769. The first-order chi connectivity index (χ1) is 8.29. The first kappa shape index (κ1) is 11.1. The summed E-state index contributed by atoms with van der Waals surface area (Å²) < 4.78 is 12.9. The molecule has 1 aromatic carbocycles. The maximum Gasteiger partial charge on any atom is 0.124 e. The normalized spacial score (nSPS) is 9.65. The molecule has 2 rings (SSSR count). The van der Waals surface area contributed by atoms with Gasteiger partial charge < -0.3 is 5.32 Å². The topological polar surface area (TPSA) is 48.7 Å². The minimum atomic E-state index is -0.406. The second-order valence-corrected chi connectivity index (χ2v) is 3.51. The molecule has 1 N–H and O–H groups in total. The van der Waals surface area contributed by atoms with E-state index in [4.69, 9.17) is 5.26 Å². The van der Waals surface area contributed by atoms with Crippen LogP contribution >= 0.6 is 0 Å². The standard InChI is InChI=1S/C13H10FN3/c14-12-1-2-13(11(7-12)8-15)17-9-10-3-5-16-6-4-10/h1-7,17H,9H2. The molecule has 4 heteroatoms. The van der Waals surface area contributed by atoms with Crippen molar-refractivity contribution in [1.29, 1.82) is 5.26 Å². The Kier molecular flexibility index (Phi) is 3.31. The highest BCUT2D eigenvalue weighted by atomic mass is 19.1. The van der Waals surface area contributed by atoms with E-state index in [1.165, 1.54) is 12.1 Å². The fourth-order valence-electron chi connectivity index (χ4n) is 1.46. The summed E-state index contributed by atoms with van der Waals surface area (Å²) in [4.78, 5) is 3.92. The molecule has 0 spiro atoms. The number of anilines is 1. The minimum absolute atomic E-state index is 0.305. The molecule has 0 aliphatic heterocycles. The predicted octanol–water partition coefficient (Wildman–Crippen LogP) is 2.70. The van der Waals surface area contributed by atoms with Crippen LogP contribution in [0.5, 0.6) is 0 Å². The lowest BCUT2D eigenvalue weighted by atomic mass is 10.2. The van der Waals surface area contributed by atoms with E-state index in [-0.39, 0.29) is 0 Å². The van der Waals surface area contributed by atoms with E-state index in [1.54, 1.807) is 18.5 Å². The molecule has 0 amide bonds. The second kappa shape index (κ2) is 5.08. The van der Waals surface area contributed by atoms with Crippen molar-refractivity contribution in [3.8, 4) is 6.07 Å². The van der Waals surface area contributed by atoms with Crippen LogP contribution in [0.25, 0.3) is 0 Å². The molecule has 3 nitrogen and oxygen atoms in total. The van der Waals surface area contributed by atoms with Crippen molar-refractivity contribution in [1.82, 2.24) is 4.98 Å². The molecule has 0 saturated carbocycles. The zero-order chi connectivity index (χ0) is 12.1. The van der Waals surface area contributed by atoms with Gasteiger partial charge in [-0.2, -0.15) is 5.26 Å². The van der Waals surface area contributed by atoms with Gasteiger partial charge in [0.15, 0.2) is 0 Å². The third kappa shape index (κ3) is 2.79. The van der Waals surface area contributed by atoms with Crippen LogP contribution < -0.4 is 5.32 Å². The maximum atomic E-state index is 12.9. The van der Waals surface area contributed by atoms with Gasteiger partial charge in [0.25, 0.3) is 0 Å². The molecule has 0 radical (unpaired) electrons. The Balaban J connectivity index is 2.12. The van der Waals surface area contributed by atoms with E-state index in [1.807, 2.05) is 18.2 Å². The van der Waals surface area contributed by atoms with Crippen molar-refractivity contribution in [2.24, 2.45) is 0 Å². The molecular weight excluding hydrogens is 217 g/mol. The fourth-order valence-corrected chi connectivity index (χ4v) is 1.46. The molecule has 2 aromatic rings. The van der Waals surface area contributed by atoms with Gasteiger partial charge in [-0.3, -0.25) is 4.98 Å². The highest BCUT2D eigenvalue weighted by Crippen LogP contribution is 2.16. The van der Waals surface area contributed by atoms with Gasteiger partial charge in [-0.15, -0.1) is 0 Å². The number of nitriles is 1. The summed E-state index contributed by atoms with van der Waals surface area (Å²) in [5, 5.41) is 12.0. The summed E-state index contributed by atoms with van der Waals surface area (Å²) in [5.41, 5.74) is 1.98. The Bertz CT molecular complexity index is 546. The molecule has 84 valence electrons. The van der Waals surface area contributed by atoms with Gasteiger partial charge in [0.05, 0.1) is 11.3 Å². The summed E-state index contributed by atoms with van der Waals surface area (Å²) in [6, 6.07) is 9.82. The Morgan fingerprint density at radius 2 is 2.00 bits per heavy atom. The van der Waals surface area contributed by atoms with E-state index in [0.29, 0.717) is 17.8 Å². The molecule has 0 saturated heterocycles. The van der Waals surface area contributed by atoms with Crippen LogP contribution in [0.3, 0.4) is 0 Å². The summed E-state index contributed by atoms with van der Waals surface area (Å²) in [6.07, 6.45) is 3.40. The third-order valence-corrected chi connectivity index (χ3v) is 2.33. The monoisotopic (exact) mass is 227 g/mol. The van der Waals surface area contributed by atoms with Gasteiger partial charge >= 0.3 is 0 Å². The predicted molar refractivity (Wildman–Crippen MR) is 62.7 cm³/mol. The average Bonchev–Trinajstić information content (AvgIpc) is 2.38. The van der Waals surface area contributed by atoms with Crippen LogP contribution in [0.2, 0.25) is 0 Å². The Morgan fingerprint density at radius 3 is 2.71 bits per heavy atom. The van der Waals surface area contributed by atoms with E-state index in [2.05, 4.69) is 10.3 Å². The van der Waals surface area contributed by atoms with E-state index < -0.39 is 5.82 Å². The Labute approximate surface area is 98.5 Å². The van der Waals surface area contributed by atoms with Crippen LogP contribution in [-0.4, -0.2) is 4.98 Å². The molecule has 0 fully saturated rings. The molecular formula is C13H10FN3. The van der Waals surface area contributed by atoms with Crippen LogP contribution in [-0.2, 0) is 6.54 Å². The lowest BCUT2D eigenvalue weighted by molar-refractivity contribution is 0.627. The quantitative estimate of drug-likeness (QED) is 0.877. The molecule has 0 aliphatic carbocycles. The van der Waals surface area contributed by atoms with Crippen molar-refractivity contribution in [3.05, 3.63) is 59.7 Å². The average molecular weight is 227 g/mol. The number of hydrogen-bond donors (Lipinski definition) is 1. The van der Waals surface area contributed by atoms with Crippen molar-refractivity contribution in [2.75, 3.05) is 5.32 Å². The summed E-state index contributed by atoms with van der Waals surface area (Å²) in [6.45, 7) is 0.572. The zero-order valence-corrected chi connectivity index (χ0v) is 9.02. The van der Waals surface area contributed by atoms with Gasteiger partial charge in [-0.25, -0.2) is 4.39 Å². The number of hydrogen-bond acceptors (Lipinski definition) is 3. The van der Waals surface area contributed by atoms with Crippen LogP contribution in [0, 0.1) is 17.1 Å². The Morgan fingerprint density at radius 1 is 1.24 bits per heavy atom. The number of nitrogens with one attached hydrogen (secondary N) is 1. The number of aromatic nitrogens is 1. The zero-order valence-electron chi connectivity index (χ0n) is 9.02. The molecule has 0 unspecified atom stereocenters. The maximum absolute atomic E-state index is 12.9. The lowest BCUT2D eigenvalue weighted by Crippen LogP contribution is -2.01. The Hall–Kier alpha value is -2.41. The number of nitrogens with zero attached hydrogens (tertiary/aromatic N) is 2. The third-order valence-electron chi connectivity index (χ3n) is 2.33. The van der Waals surface area contributed by atoms with Crippen LogP contribution in [0.4, 0.5) is 10.1 Å². The van der Waals surface area contributed by atoms with Gasteiger partial charge in [0, 0.05) is 18.9 Å². The highest BCUT2D eigenvalue weighted by molar-refractivity contribution is 5.57. The van der Waals surface area contributed by atoms with Gasteiger partial charge in [0.2, 0.25) is 0 Å². The number of pyridine rings is 1. The molecule has 17 heavy (non-hydrogen) atoms. The lowest BCUT2D eigenvalue weighted by Gasteiger charge is -2.07. The molecule has 0 aliphatic rings. The second-order valence-electron chi connectivity index (χ2n) is 3.51. The van der Waals surface area contributed by atoms with Gasteiger partial charge in [-0.1, -0.05) is 0 Å². The van der Waals surface area contributed by atoms with Crippen LogP contribution in [0.1, 0.15) is 11.1 Å². The van der Waals surface area contributed by atoms with Crippen molar-refractivity contribution in [2.45, 2.75) is 6.54 Å². The summed E-state index contributed by atoms with van der Waals surface area (Å²) in [5.74, 6) is -0.406. The van der Waals surface area contributed by atoms with Gasteiger partial charge in [0.1, 0.15) is 11.9 Å². The minimum Gasteiger partial charge on any atom is -0.380 e. The molecule has 1 heterocycles. The van der Waals surface area contributed by atoms with E-state index in [0.717, 1.165) is 5.56 Å². The largest absolute Gasteiger partial charge is 0.380 e. The smallest absolute Gasteiger partial charge is 0.124 e. The van der Waals surface area contributed by atoms with E-state index >= 15 is 0 Å². The summed E-state index contributed by atoms with van der Waals surface area (Å²) in [7, 11) is 0. The SMILES string of the molecule is N#Cc1cc(F)ccc1NCc1ccncc1. The number of benzene rings is 1.